The second-order valence-electron chi connectivity index (χ2n) is 7.69. The summed E-state index contributed by atoms with van der Waals surface area (Å²) in [6, 6.07) is 19.5. The molecule has 142 valence electrons. The number of amides is 2. The van der Waals surface area contributed by atoms with Crippen LogP contribution in [0.2, 0.25) is 0 Å². The number of hydrogen-bond donors (Lipinski definition) is 0. The van der Waals surface area contributed by atoms with Crippen LogP contribution in [0.5, 0.6) is 0 Å². The Morgan fingerprint density at radius 1 is 0.889 bits per heavy atom. The van der Waals surface area contributed by atoms with Crippen LogP contribution in [0, 0.1) is 5.41 Å². The van der Waals surface area contributed by atoms with Crippen LogP contribution in [0.25, 0.3) is 0 Å². The van der Waals surface area contributed by atoms with Gasteiger partial charge >= 0.3 is 0 Å². The molecule has 0 atom stereocenters. The number of nitrogens with zero attached hydrogens (tertiary/aromatic N) is 2. The zero-order chi connectivity index (χ0) is 19.3. The Labute approximate surface area is 161 Å². The molecule has 0 unspecified atom stereocenters. The average molecular weight is 364 g/mol. The Hall–Kier alpha value is -2.62. The summed E-state index contributed by atoms with van der Waals surface area (Å²) >= 11 is 0. The maximum Gasteiger partial charge on any atom is 0.242 e. The first-order chi connectivity index (χ1) is 13.0. The van der Waals surface area contributed by atoms with E-state index in [1.165, 1.54) is 0 Å². The summed E-state index contributed by atoms with van der Waals surface area (Å²) < 4.78 is 0. The second-order valence-corrected chi connectivity index (χ2v) is 7.69. The molecule has 27 heavy (non-hydrogen) atoms. The van der Waals surface area contributed by atoms with E-state index in [9.17, 15) is 9.59 Å². The summed E-state index contributed by atoms with van der Waals surface area (Å²) in [6.45, 7) is 5.46. The number of para-hydroxylation sites is 1. The lowest BCUT2D eigenvalue weighted by Gasteiger charge is -2.36. The van der Waals surface area contributed by atoms with E-state index in [1.54, 1.807) is 18.7 Å². The molecule has 0 saturated carbocycles. The lowest BCUT2D eigenvalue weighted by atomic mass is 9.88. The van der Waals surface area contributed by atoms with Crippen LogP contribution in [-0.2, 0) is 16.1 Å². The molecule has 0 aliphatic carbocycles. The highest BCUT2D eigenvalue weighted by Gasteiger charge is 2.42. The molecule has 1 heterocycles. The molecule has 0 bridgehead atoms. The van der Waals surface area contributed by atoms with Crippen LogP contribution in [0.4, 0.5) is 5.69 Å². The fourth-order valence-electron chi connectivity index (χ4n) is 3.58. The van der Waals surface area contributed by atoms with Crippen molar-refractivity contribution in [3.05, 3.63) is 66.2 Å². The molecule has 2 aromatic carbocycles. The van der Waals surface area contributed by atoms with Crippen molar-refractivity contribution in [1.82, 2.24) is 4.90 Å². The molecule has 4 heteroatoms. The maximum absolute atomic E-state index is 13.5. The van der Waals surface area contributed by atoms with E-state index in [0.717, 1.165) is 43.6 Å². The van der Waals surface area contributed by atoms with Crippen molar-refractivity contribution >= 4 is 17.5 Å². The predicted molar refractivity (Wildman–Crippen MR) is 108 cm³/mol. The van der Waals surface area contributed by atoms with Crippen LogP contribution in [0.3, 0.4) is 0 Å². The zero-order valence-corrected chi connectivity index (χ0v) is 16.2. The van der Waals surface area contributed by atoms with Gasteiger partial charge in [0, 0.05) is 18.8 Å². The Kier molecular flexibility index (Phi) is 5.94. The van der Waals surface area contributed by atoms with Crippen molar-refractivity contribution in [2.24, 2.45) is 5.41 Å². The third-order valence-electron chi connectivity index (χ3n) is 5.21. The zero-order valence-electron chi connectivity index (χ0n) is 16.2. The molecule has 0 N–H and O–H groups in total. The van der Waals surface area contributed by atoms with Crippen molar-refractivity contribution in [2.45, 2.75) is 39.7 Å². The molecule has 0 spiro atoms. The Morgan fingerprint density at radius 2 is 1.44 bits per heavy atom. The van der Waals surface area contributed by atoms with Crippen molar-refractivity contribution in [2.75, 3.05) is 18.0 Å². The van der Waals surface area contributed by atoms with Crippen LogP contribution in [-0.4, -0.2) is 29.8 Å². The van der Waals surface area contributed by atoms with Crippen molar-refractivity contribution in [3.8, 4) is 0 Å². The van der Waals surface area contributed by atoms with Gasteiger partial charge in [0.05, 0.1) is 6.54 Å². The first-order valence-corrected chi connectivity index (χ1v) is 9.70. The third kappa shape index (κ3) is 4.38. The van der Waals surface area contributed by atoms with Gasteiger partial charge in [-0.3, -0.25) is 9.59 Å². The van der Waals surface area contributed by atoms with E-state index in [-0.39, 0.29) is 11.8 Å². The van der Waals surface area contributed by atoms with E-state index < -0.39 is 5.41 Å². The third-order valence-corrected chi connectivity index (χ3v) is 5.21. The summed E-state index contributed by atoms with van der Waals surface area (Å²) in [5.41, 5.74) is 0.754. The summed E-state index contributed by atoms with van der Waals surface area (Å²) in [5.74, 6) is -0.227. The molecular weight excluding hydrogens is 336 g/mol. The molecular formula is C23H28N2O2. The largest absolute Gasteiger partial charge is 0.342 e. The number of rotatable bonds is 5. The van der Waals surface area contributed by atoms with E-state index in [0.29, 0.717) is 6.54 Å². The highest BCUT2D eigenvalue weighted by molar-refractivity contribution is 6.11. The number of benzene rings is 2. The van der Waals surface area contributed by atoms with Gasteiger partial charge in [0.15, 0.2) is 0 Å². The van der Waals surface area contributed by atoms with Gasteiger partial charge in [-0.15, -0.1) is 0 Å². The Morgan fingerprint density at radius 3 is 2.04 bits per heavy atom. The van der Waals surface area contributed by atoms with Gasteiger partial charge in [0.25, 0.3) is 0 Å². The minimum absolute atomic E-state index is 0.0683. The Bertz CT molecular complexity index is 765. The maximum atomic E-state index is 13.5. The summed E-state index contributed by atoms with van der Waals surface area (Å²) in [6.07, 6.45) is 3.19. The van der Waals surface area contributed by atoms with Gasteiger partial charge in [-0.05, 0) is 50.8 Å². The summed E-state index contributed by atoms with van der Waals surface area (Å²) in [5, 5.41) is 0. The molecule has 1 fully saturated rings. The second kappa shape index (κ2) is 8.38. The van der Waals surface area contributed by atoms with Gasteiger partial charge in [-0.2, -0.15) is 0 Å². The van der Waals surface area contributed by atoms with E-state index >= 15 is 0 Å². The molecule has 2 amide bonds. The van der Waals surface area contributed by atoms with Crippen molar-refractivity contribution in [3.63, 3.8) is 0 Å². The van der Waals surface area contributed by atoms with Crippen molar-refractivity contribution in [1.29, 1.82) is 0 Å². The average Bonchev–Trinajstić information content (AvgIpc) is 2.73. The fraction of sp³-hybridized carbons (Fsp3) is 0.391. The first-order valence-electron chi connectivity index (χ1n) is 9.70. The Balaban J connectivity index is 1.88. The van der Waals surface area contributed by atoms with Gasteiger partial charge in [0.2, 0.25) is 11.8 Å². The quantitative estimate of drug-likeness (QED) is 0.744. The molecule has 3 rings (SSSR count). The number of hydrogen-bond acceptors (Lipinski definition) is 2. The van der Waals surface area contributed by atoms with Gasteiger partial charge in [0.1, 0.15) is 5.41 Å². The number of piperidine rings is 1. The standard InChI is InChI=1S/C23H28N2O2/c1-23(2,21(26)24-16-10-5-11-17-24)22(27)25(20-14-8-4-9-15-20)18-19-12-6-3-7-13-19/h3-4,6-9,12-15H,5,10-11,16-18H2,1-2H3. The minimum atomic E-state index is -1.10. The van der Waals surface area contributed by atoms with Crippen LogP contribution in [0.1, 0.15) is 38.7 Å². The van der Waals surface area contributed by atoms with Crippen molar-refractivity contribution < 1.29 is 9.59 Å². The van der Waals surface area contributed by atoms with E-state index in [1.807, 2.05) is 65.6 Å². The normalized spacial score (nSPS) is 14.7. The number of anilines is 1. The lowest BCUT2D eigenvalue weighted by Crippen LogP contribution is -2.52. The molecule has 0 radical (unpaired) electrons. The van der Waals surface area contributed by atoms with Gasteiger partial charge in [-0.1, -0.05) is 48.5 Å². The highest BCUT2D eigenvalue weighted by Crippen LogP contribution is 2.28. The molecule has 2 aromatic rings. The molecule has 1 aliphatic rings. The van der Waals surface area contributed by atoms with E-state index in [4.69, 9.17) is 0 Å². The smallest absolute Gasteiger partial charge is 0.242 e. The minimum Gasteiger partial charge on any atom is -0.342 e. The number of carbonyl (C=O) groups excluding carboxylic acids is 2. The van der Waals surface area contributed by atoms with Crippen LogP contribution >= 0.6 is 0 Å². The summed E-state index contributed by atoms with van der Waals surface area (Å²) in [7, 11) is 0. The van der Waals surface area contributed by atoms with Crippen LogP contribution < -0.4 is 4.90 Å². The van der Waals surface area contributed by atoms with Crippen LogP contribution in [0.15, 0.2) is 60.7 Å². The summed E-state index contributed by atoms with van der Waals surface area (Å²) in [4.78, 5) is 30.2. The fourth-order valence-corrected chi connectivity index (χ4v) is 3.58. The lowest BCUT2D eigenvalue weighted by molar-refractivity contribution is -0.148. The van der Waals surface area contributed by atoms with Gasteiger partial charge < -0.3 is 9.80 Å². The molecule has 0 aromatic heterocycles. The molecule has 1 saturated heterocycles. The highest BCUT2D eigenvalue weighted by atomic mass is 16.2. The topological polar surface area (TPSA) is 40.6 Å². The molecule has 1 aliphatic heterocycles. The SMILES string of the molecule is CC(C)(C(=O)N1CCCCC1)C(=O)N(Cc1ccccc1)c1ccccc1. The van der Waals surface area contributed by atoms with Gasteiger partial charge in [-0.25, -0.2) is 0 Å². The van der Waals surface area contributed by atoms with E-state index in [2.05, 4.69) is 0 Å². The first kappa shape index (κ1) is 19.2. The predicted octanol–water partition coefficient (Wildman–Crippen LogP) is 4.26. The number of likely N-dealkylation sites (tertiary alicyclic amines) is 1. The molecule has 4 nitrogen and oxygen atoms in total. The monoisotopic (exact) mass is 364 g/mol. The number of carbonyl (C=O) groups is 2.